The number of nitrogens with zero attached hydrogens (tertiary/aromatic N) is 4. The highest BCUT2D eigenvalue weighted by atomic mass is 19.4. The minimum Gasteiger partial charge on any atom is -0.382 e. The number of nitrogens with two attached hydrogens (primary N) is 2. The molecule has 2 heterocycles. The summed E-state index contributed by atoms with van der Waals surface area (Å²) in [7, 11) is 0. The van der Waals surface area contributed by atoms with E-state index in [-0.39, 0.29) is 34.1 Å². The molecule has 0 saturated carbocycles. The van der Waals surface area contributed by atoms with E-state index in [9.17, 15) is 27.6 Å². The van der Waals surface area contributed by atoms with Gasteiger partial charge in [0.05, 0.1) is 23.4 Å². The smallest absolute Gasteiger partial charge is 0.382 e. The second-order valence-corrected chi connectivity index (χ2v) is 5.93. The molecule has 9 nitrogen and oxygen atoms in total. The van der Waals surface area contributed by atoms with Crippen LogP contribution in [0.15, 0.2) is 23.0 Å². The molecule has 3 rings (SSSR count). The third-order valence-corrected chi connectivity index (χ3v) is 3.83. The van der Waals surface area contributed by atoms with Gasteiger partial charge in [-0.1, -0.05) is 0 Å². The van der Waals surface area contributed by atoms with Crippen molar-refractivity contribution in [3.8, 4) is 6.07 Å². The predicted molar refractivity (Wildman–Crippen MR) is 94.9 cm³/mol. The number of halogens is 4. The van der Waals surface area contributed by atoms with Gasteiger partial charge in [0.25, 0.3) is 5.56 Å². The van der Waals surface area contributed by atoms with Crippen molar-refractivity contribution in [2.75, 3.05) is 16.8 Å². The topological polar surface area (TPSA) is 159 Å². The Hall–Kier alpha value is -3.95. The second-order valence-electron chi connectivity index (χ2n) is 5.93. The minimum absolute atomic E-state index is 0.0126. The number of fused-ring (bicyclic) bond motifs is 1. The number of hydrogen-bond acceptors (Lipinski definition) is 8. The predicted octanol–water partition coefficient (Wildman–Crippen LogP) is 1.99. The Morgan fingerprint density at radius 1 is 1.24 bits per heavy atom. The van der Waals surface area contributed by atoms with E-state index in [0.717, 1.165) is 18.2 Å². The first-order valence-corrected chi connectivity index (χ1v) is 7.93. The normalized spacial score (nSPS) is 12.5. The molecule has 3 aromatic rings. The van der Waals surface area contributed by atoms with Gasteiger partial charge in [-0.2, -0.15) is 28.4 Å². The maximum Gasteiger partial charge on any atom is 0.391 e. The minimum atomic E-state index is -4.68. The molecule has 2 aromatic heterocycles. The lowest BCUT2D eigenvalue weighted by atomic mass is 10.1. The molecule has 0 aliphatic rings. The quantitative estimate of drug-likeness (QED) is 0.477. The van der Waals surface area contributed by atoms with Crippen LogP contribution in [-0.4, -0.2) is 26.1 Å². The first-order valence-electron chi connectivity index (χ1n) is 7.93. The van der Waals surface area contributed by atoms with E-state index in [1.165, 1.54) is 0 Å². The van der Waals surface area contributed by atoms with Gasteiger partial charge in [0.2, 0.25) is 5.95 Å². The number of nitrogens with one attached hydrogen (secondary N) is 2. The number of nitriles is 1. The molecule has 1 atom stereocenters. The molecular formula is C16H12F4N8O. The Balaban J connectivity index is 2.13. The maximum absolute atomic E-state index is 13.3. The molecule has 0 aliphatic heterocycles. The van der Waals surface area contributed by atoms with Gasteiger partial charge in [0, 0.05) is 0 Å². The third kappa shape index (κ3) is 4.32. The van der Waals surface area contributed by atoms with Gasteiger partial charge in [-0.05, 0) is 18.2 Å². The highest BCUT2D eigenvalue weighted by Gasteiger charge is 2.35. The van der Waals surface area contributed by atoms with E-state index in [1.807, 2.05) is 0 Å². The van der Waals surface area contributed by atoms with Crippen LogP contribution in [0.1, 0.15) is 23.9 Å². The van der Waals surface area contributed by atoms with Crippen LogP contribution in [0.4, 0.5) is 35.1 Å². The van der Waals surface area contributed by atoms with E-state index in [0.29, 0.717) is 0 Å². The molecule has 6 N–H and O–H groups in total. The molecule has 29 heavy (non-hydrogen) atoms. The Bertz CT molecular complexity index is 1180. The molecule has 1 unspecified atom stereocenters. The zero-order chi connectivity index (χ0) is 21.3. The molecule has 0 aliphatic carbocycles. The summed E-state index contributed by atoms with van der Waals surface area (Å²) >= 11 is 0. The fourth-order valence-electron chi connectivity index (χ4n) is 2.62. The molecule has 0 saturated heterocycles. The number of benzene rings is 1. The molecular weight excluding hydrogens is 396 g/mol. The molecule has 0 spiro atoms. The van der Waals surface area contributed by atoms with Gasteiger partial charge >= 0.3 is 6.18 Å². The van der Waals surface area contributed by atoms with Crippen LogP contribution in [0, 0.1) is 17.1 Å². The Kier molecular flexibility index (Phi) is 4.93. The summed E-state index contributed by atoms with van der Waals surface area (Å²) in [4.78, 5) is 25.7. The fraction of sp³-hybridized carbons (Fsp3) is 0.188. The average molecular weight is 408 g/mol. The lowest BCUT2D eigenvalue weighted by molar-refractivity contribution is -0.137. The molecule has 150 valence electrons. The van der Waals surface area contributed by atoms with Crippen molar-refractivity contribution in [1.29, 1.82) is 5.26 Å². The Labute approximate surface area is 159 Å². The second kappa shape index (κ2) is 7.23. The molecule has 1 aromatic carbocycles. The number of aromatic nitrogens is 4. The zero-order valence-corrected chi connectivity index (χ0v) is 14.4. The van der Waals surface area contributed by atoms with Crippen molar-refractivity contribution >= 4 is 28.5 Å². The highest BCUT2D eigenvalue weighted by Crippen LogP contribution is 2.32. The Morgan fingerprint density at radius 3 is 2.62 bits per heavy atom. The summed E-state index contributed by atoms with van der Waals surface area (Å²) < 4.78 is 52.8. The van der Waals surface area contributed by atoms with Gasteiger partial charge < -0.3 is 21.8 Å². The number of alkyl halides is 3. The van der Waals surface area contributed by atoms with E-state index in [4.69, 9.17) is 11.5 Å². The monoisotopic (exact) mass is 408 g/mol. The first-order chi connectivity index (χ1) is 13.6. The number of anilines is 3. The van der Waals surface area contributed by atoms with Gasteiger partial charge in [0.1, 0.15) is 29.1 Å². The lowest BCUT2D eigenvalue weighted by Crippen LogP contribution is -2.26. The van der Waals surface area contributed by atoms with E-state index >= 15 is 0 Å². The van der Waals surface area contributed by atoms with Crippen LogP contribution in [0.2, 0.25) is 0 Å². The van der Waals surface area contributed by atoms with Crippen LogP contribution in [0.5, 0.6) is 0 Å². The molecule has 0 bridgehead atoms. The van der Waals surface area contributed by atoms with Crippen molar-refractivity contribution in [2.45, 2.75) is 18.6 Å². The van der Waals surface area contributed by atoms with E-state index < -0.39 is 35.8 Å². The number of hydrogen-bond donors (Lipinski definition) is 4. The third-order valence-electron chi connectivity index (χ3n) is 3.83. The van der Waals surface area contributed by atoms with Crippen molar-refractivity contribution in [3.05, 3.63) is 45.8 Å². The average Bonchev–Trinajstić information content (AvgIpc) is 2.60. The van der Waals surface area contributed by atoms with Gasteiger partial charge in [-0.3, -0.25) is 4.79 Å². The van der Waals surface area contributed by atoms with Crippen molar-refractivity contribution in [3.63, 3.8) is 0 Å². The summed E-state index contributed by atoms with van der Waals surface area (Å²) in [6.07, 6.45) is -6.15. The Morgan fingerprint density at radius 2 is 1.97 bits per heavy atom. The van der Waals surface area contributed by atoms with Gasteiger partial charge in [0.15, 0.2) is 5.82 Å². The van der Waals surface area contributed by atoms with Crippen molar-refractivity contribution < 1.29 is 17.6 Å². The van der Waals surface area contributed by atoms with Crippen LogP contribution >= 0.6 is 0 Å². The molecule has 13 heteroatoms. The largest absolute Gasteiger partial charge is 0.391 e. The number of aromatic amines is 1. The van der Waals surface area contributed by atoms with Gasteiger partial charge in [-0.25, -0.2) is 9.37 Å². The maximum atomic E-state index is 13.3. The highest BCUT2D eigenvalue weighted by molar-refractivity contribution is 5.77. The first kappa shape index (κ1) is 19.8. The summed E-state index contributed by atoms with van der Waals surface area (Å²) in [6.45, 7) is 0. The lowest BCUT2D eigenvalue weighted by Gasteiger charge is -2.21. The van der Waals surface area contributed by atoms with Crippen molar-refractivity contribution in [2.24, 2.45) is 0 Å². The fourth-order valence-corrected chi connectivity index (χ4v) is 2.62. The summed E-state index contributed by atoms with van der Waals surface area (Å²) in [6, 6.07) is 3.11. The van der Waals surface area contributed by atoms with Crippen LogP contribution in [0.3, 0.4) is 0 Å². The molecule has 0 amide bonds. The van der Waals surface area contributed by atoms with Gasteiger partial charge in [-0.15, -0.1) is 0 Å². The number of nitrogen functional groups attached to an aromatic ring is 2. The zero-order valence-electron chi connectivity index (χ0n) is 14.4. The summed E-state index contributed by atoms with van der Waals surface area (Å²) in [5, 5.41) is 11.5. The van der Waals surface area contributed by atoms with Crippen molar-refractivity contribution in [1.82, 2.24) is 19.9 Å². The van der Waals surface area contributed by atoms with Crippen LogP contribution < -0.4 is 22.3 Å². The standard InChI is InChI=1S/C16H12F4N8O/c17-6-1-2-9-7(3-6)14(29)27-13(24-9)10(4-16(18,19)20)25-12-8(5-21)11(22)26-15(23)28-12/h1-3,10H,4H2,(H,24,27,29)(H5,22,23,25,26,28). The van der Waals surface area contributed by atoms with E-state index in [1.54, 1.807) is 6.07 Å². The number of rotatable bonds is 4. The SMILES string of the molecule is N#Cc1c(N)nc(N)nc1NC(CC(F)(F)F)c1nc2ccc(F)cc2c(=O)[nH]1. The molecule has 0 fully saturated rings. The number of H-pyrrole nitrogens is 1. The van der Waals surface area contributed by atoms with E-state index in [2.05, 4.69) is 25.3 Å². The van der Waals surface area contributed by atoms with Crippen LogP contribution in [0.25, 0.3) is 10.9 Å². The molecule has 0 radical (unpaired) electrons. The van der Waals surface area contributed by atoms with Crippen LogP contribution in [-0.2, 0) is 0 Å². The summed E-state index contributed by atoms with van der Waals surface area (Å²) in [5.41, 5.74) is 9.85. The summed E-state index contributed by atoms with van der Waals surface area (Å²) in [5.74, 6) is -2.15.